The largest absolute Gasteiger partial charge is 0.459 e. The van der Waals surface area contributed by atoms with Gasteiger partial charge in [-0.2, -0.15) is 0 Å². The van der Waals surface area contributed by atoms with Gasteiger partial charge in [-0.15, -0.1) is 11.8 Å². The van der Waals surface area contributed by atoms with Gasteiger partial charge in [-0.05, 0) is 39.0 Å². The second kappa shape index (κ2) is 6.65. The Balaban J connectivity index is 2.66. The second-order valence-electron chi connectivity index (χ2n) is 5.21. The SMILES string of the molecule is CNC(=O)c1ccc(SCC(=O)OC(C)(C)C)c(N)c1. The molecule has 0 unspecified atom stereocenters. The summed E-state index contributed by atoms with van der Waals surface area (Å²) in [6.07, 6.45) is 0. The lowest BCUT2D eigenvalue weighted by molar-refractivity contribution is -0.151. The number of nitrogens with one attached hydrogen (secondary N) is 1. The topological polar surface area (TPSA) is 81.4 Å². The number of benzene rings is 1. The molecule has 1 aromatic carbocycles. The van der Waals surface area contributed by atoms with Crippen molar-refractivity contribution in [2.45, 2.75) is 31.3 Å². The van der Waals surface area contributed by atoms with Gasteiger partial charge in [0.25, 0.3) is 5.91 Å². The van der Waals surface area contributed by atoms with E-state index < -0.39 is 5.60 Å². The number of carbonyl (C=O) groups excluding carboxylic acids is 2. The fraction of sp³-hybridized carbons (Fsp3) is 0.429. The summed E-state index contributed by atoms with van der Waals surface area (Å²) in [5, 5.41) is 2.53. The van der Waals surface area contributed by atoms with Crippen molar-refractivity contribution in [3.63, 3.8) is 0 Å². The summed E-state index contributed by atoms with van der Waals surface area (Å²) >= 11 is 1.29. The van der Waals surface area contributed by atoms with Crippen LogP contribution in [0.3, 0.4) is 0 Å². The molecule has 20 heavy (non-hydrogen) atoms. The van der Waals surface area contributed by atoms with Crippen molar-refractivity contribution in [1.29, 1.82) is 0 Å². The molecule has 0 aliphatic rings. The number of hydrogen-bond acceptors (Lipinski definition) is 5. The van der Waals surface area contributed by atoms with Gasteiger partial charge < -0.3 is 15.8 Å². The zero-order valence-corrected chi connectivity index (χ0v) is 13.0. The van der Waals surface area contributed by atoms with Crippen molar-refractivity contribution < 1.29 is 14.3 Å². The number of ether oxygens (including phenoxy) is 1. The third kappa shape index (κ3) is 5.13. The van der Waals surface area contributed by atoms with Crippen LogP contribution in [0.5, 0.6) is 0 Å². The lowest BCUT2D eigenvalue weighted by Crippen LogP contribution is -2.24. The molecular formula is C14H20N2O3S. The first-order chi connectivity index (χ1) is 9.23. The third-order valence-corrected chi connectivity index (χ3v) is 3.33. The molecule has 6 heteroatoms. The number of amides is 1. The van der Waals surface area contributed by atoms with E-state index in [9.17, 15) is 9.59 Å². The van der Waals surface area contributed by atoms with Crippen molar-refractivity contribution >= 4 is 29.3 Å². The van der Waals surface area contributed by atoms with E-state index in [1.54, 1.807) is 25.2 Å². The van der Waals surface area contributed by atoms with Crippen molar-refractivity contribution in [1.82, 2.24) is 5.32 Å². The number of nitrogens with two attached hydrogens (primary N) is 1. The predicted octanol–water partition coefficient (Wildman–Crippen LogP) is 2.06. The molecule has 110 valence electrons. The van der Waals surface area contributed by atoms with Gasteiger partial charge in [0.2, 0.25) is 0 Å². The van der Waals surface area contributed by atoms with E-state index in [2.05, 4.69) is 5.32 Å². The highest BCUT2D eigenvalue weighted by Gasteiger charge is 2.16. The van der Waals surface area contributed by atoms with Crippen LogP contribution in [0.4, 0.5) is 5.69 Å². The molecule has 3 N–H and O–H groups in total. The van der Waals surface area contributed by atoms with Crippen LogP contribution < -0.4 is 11.1 Å². The highest BCUT2D eigenvalue weighted by molar-refractivity contribution is 8.00. The molecule has 0 spiro atoms. The second-order valence-corrected chi connectivity index (χ2v) is 6.22. The van der Waals surface area contributed by atoms with Crippen LogP contribution in [-0.4, -0.2) is 30.3 Å². The van der Waals surface area contributed by atoms with Crippen molar-refractivity contribution in [2.75, 3.05) is 18.5 Å². The Kier molecular flexibility index (Phi) is 5.44. The van der Waals surface area contributed by atoms with E-state index in [0.29, 0.717) is 11.3 Å². The fourth-order valence-electron chi connectivity index (χ4n) is 1.47. The van der Waals surface area contributed by atoms with E-state index in [0.717, 1.165) is 4.90 Å². The summed E-state index contributed by atoms with van der Waals surface area (Å²) < 4.78 is 5.21. The van der Waals surface area contributed by atoms with Crippen LogP contribution >= 0.6 is 11.8 Å². The molecule has 0 fully saturated rings. The molecule has 0 atom stereocenters. The molecule has 0 saturated carbocycles. The maximum Gasteiger partial charge on any atom is 0.316 e. The molecule has 0 aliphatic heterocycles. The summed E-state index contributed by atoms with van der Waals surface area (Å²) in [6.45, 7) is 5.46. The minimum atomic E-state index is -0.494. The van der Waals surface area contributed by atoms with E-state index in [4.69, 9.17) is 10.5 Å². The van der Waals surface area contributed by atoms with Crippen molar-refractivity contribution in [3.8, 4) is 0 Å². The van der Waals surface area contributed by atoms with Gasteiger partial charge >= 0.3 is 5.97 Å². The Bertz CT molecular complexity index is 510. The number of rotatable bonds is 4. The smallest absolute Gasteiger partial charge is 0.316 e. The molecule has 1 amide bonds. The quantitative estimate of drug-likeness (QED) is 0.505. The van der Waals surface area contributed by atoms with Crippen LogP contribution in [0.25, 0.3) is 0 Å². The van der Waals surface area contributed by atoms with Gasteiger partial charge in [-0.3, -0.25) is 9.59 Å². The Morgan fingerprint density at radius 2 is 2.00 bits per heavy atom. The normalized spacial score (nSPS) is 11.0. The maximum atomic E-state index is 11.6. The minimum Gasteiger partial charge on any atom is -0.459 e. The van der Waals surface area contributed by atoms with E-state index in [-0.39, 0.29) is 17.6 Å². The highest BCUT2D eigenvalue weighted by Crippen LogP contribution is 2.26. The predicted molar refractivity (Wildman–Crippen MR) is 80.8 cm³/mol. The number of thioether (sulfide) groups is 1. The summed E-state index contributed by atoms with van der Waals surface area (Å²) in [6, 6.07) is 5.00. The maximum absolute atomic E-state index is 11.6. The molecule has 0 saturated heterocycles. The van der Waals surface area contributed by atoms with Crippen LogP contribution in [0.15, 0.2) is 23.1 Å². The van der Waals surface area contributed by atoms with Gasteiger partial charge in [0.1, 0.15) is 5.60 Å². The van der Waals surface area contributed by atoms with E-state index in [1.807, 2.05) is 20.8 Å². The van der Waals surface area contributed by atoms with Gasteiger partial charge in [0.15, 0.2) is 0 Å². The molecular weight excluding hydrogens is 276 g/mol. The summed E-state index contributed by atoms with van der Waals surface area (Å²) in [5.74, 6) is -0.307. The van der Waals surface area contributed by atoms with Crippen LogP contribution in [-0.2, 0) is 9.53 Å². The first-order valence-electron chi connectivity index (χ1n) is 6.19. The van der Waals surface area contributed by atoms with Crippen LogP contribution in [0, 0.1) is 0 Å². The lowest BCUT2D eigenvalue weighted by Gasteiger charge is -2.19. The fourth-order valence-corrected chi connectivity index (χ4v) is 2.20. The highest BCUT2D eigenvalue weighted by atomic mass is 32.2. The number of anilines is 1. The summed E-state index contributed by atoms with van der Waals surface area (Å²) in [5.41, 5.74) is 6.34. The average Bonchev–Trinajstić information content (AvgIpc) is 2.34. The summed E-state index contributed by atoms with van der Waals surface area (Å²) in [4.78, 5) is 23.8. The molecule has 1 aromatic rings. The van der Waals surface area contributed by atoms with E-state index >= 15 is 0 Å². The van der Waals surface area contributed by atoms with Gasteiger partial charge in [-0.25, -0.2) is 0 Å². The van der Waals surface area contributed by atoms with Gasteiger partial charge in [0, 0.05) is 23.2 Å². The Morgan fingerprint density at radius 3 is 2.50 bits per heavy atom. The molecule has 0 aliphatic carbocycles. The molecule has 0 bridgehead atoms. The zero-order chi connectivity index (χ0) is 15.3. The summed E-state index contributed by atoms with van der Waals surface area (Å²) in [7, 11) is 1.56. The third-order valence-electron chi connectivity index (χ3n) is 2.26. The van der Waals surface area contributed by atoms with Gasteiger partial charge in [0.05, 0.1) is 5.75 Å². The number of nitrogen functional groups attached to an aromatic ring is 1. The number of esters is 1. The van der Waals surface area contributed by atoms with Crippen molar-refractivity contribution in [2.24, 2.45) is 0 Å². The van der Waals surface area contributed by atoms with E-state index in [1.165, 1.54) is 11.8 Å². The van der Waals surface area contributed by atoms with Crippen LogP contribution in [0.1, 0.15) is 31.1 Å². The zero-order valence-electron chi connectivity index (χ0n) is 12.1. The van der Waals surface area contributed by atoms with Crippen LogP contribution in [0.2, 0.25) is 0 Å². The molecule has 1 rings (SSSR count). The standard InChI is InChI=1S/C14H20N2O3S/c1-14(2,3)19-12(17)8-20-11-6-5-9(7-10(11)15)13(18)16-4/h5-7H,8,15H2,1-4H3,(H,16,18). The number of hydrogen-bond donors (Lipinski definition) is 2. The van der Waals surface area contributed by atoms with Gasteiger partial charge in [-0.1, -0.05) is 0 Å². The first-order valence-corrected chi connectivity index (χ1v) is 7.18. The Hall–Kier alpha value is -1.69. The average molecular weight is 296 g/mol. The first kappa shape index (κ1) is 16.4. The molecule has 0 heterocycles. The molecule has 0 radical (unpaired) electrons. The Morgan fingerprint density at radius 1 is 1.35 bits per heavy atom. The minimum absolute atomic E-state index is 0.181. The molecule has 0 aromatic heterocycles. The molecule has 5 nitrogen and oxygen atoms in total. The Labute approximate surface area is 123 Å². The lowest BCUT2D eigenvalue weighted by atomic mass is 10.2. The van der Waals surface area contributed by atoms with Crippen molar-refractivity contribution in [3.05, 3.63) is 23.8 Å². The number of carbonyl (C=O) groups is 2. The monoisotopic (exact) mass is 296 g/mol.